The molecule has 0 unspecified atom stereocenters. The van der Waals surface area contributed by atoms with Crippen molar-refractivity contribution < 1.29 is 17.4 Å². The Labute approximate surface area is 205 Å². The van der Waals surface area contributed by atoms with Crippen molar-refractivity contribution in [3.8, 4) is 0 Å². The van der Waals surface area contributed by atoms with E-state index in [1.807, 2.05) is 23.6 Å². The second-order valence-electron chi connectivity index (χ2n) is 8.04. The predicted molar refractivity (Wildman–Crippen MR) is 131 cm³/mol. The number of hydrogen-bond acceptors (Lipinski definition) is 8. The average Bonchev–Trinajstić information content (AvgIpc) is 3.41. The number of ketones is 1. The summed E-state index contributed by atoms with van der Waals surface area (Å²) in [6, 6.07) is 10.1. The molecular formula is C22H23BrN4O4S2. The van der Waals surface area contributed by atoms with Crippen molar-refractivity contribution in [3.63, 3.8) is 0 Å². The summed E-state index contributed by atoms with van der Waals surface area (Å²) in [5.41, 5.74) is 2.65. The third-order valence-electron chi connectivity index (χ3n) is 5.48. The minimum atomic E-state index is -3.94. The smallest absolute Gasteiger partial charge is 0.333 e. The van der Waals surface area contributed by atoms with Crippen molar-refractivity contribution >= 4 is 49.2 Å². The summed E-state index contributed by atoms with van der Waals surface area (Å²) < 4.78 is 27.8. The van der Waals surface area contributed by atoms with Gasteiger partial charge in [-0.2, -0.15) is 8.42 Å². The van der Waals surface area contributed by atoms with E-state index in [0.29, 0.717) is 22.7 Å². The lowest BCUT2D eigenvalue weighted by Gasteiger charge is -2.15. The van der Waals surface area contributed by atoms with Gasteiger partial charge in [0.25, 0.3) is 0 Å². The Hall–Kier alpha value is -2.18. The van der Waals surface area contributed by atoms with Gasteiger partial charge in [0.1, 0.15) is 12.1 Å². The van der Waals surface area contributed by atoms with Crippen LogP contribution in [0.5, 0.6) is 0 Å². The molecule has 0 amide bonds. The third-order valence-corrected chi connectivity index (χ3v) is 7.42. The fraction of sp³-hybridized carbons (Fsp3) is 0.318. The largest absolute Gasteiger partial charge is 0.367 e. The molecular weight excluding hydrogens is 528 g/mol. The Kier molecular flexibility index (Phi) is 7.55. The number of carbonyl (C=O) groups is 1. The molecule has 1 saturated carbocycles. The maximum atomic E-state index is 13.2. The van der Waals surface area contributed by atoms with Crippen molar-refractivity contribution in [1.82, 2.24) is 9.97 Å². The predicted octanol–water partition coefficient (Wildman–Crippen LogP) is 3.92. The fourth-order valence-corrected chi connectivity index (χ4v) is 5.65. The number of halogens is 1. The van der Waals surface area contributed by atoms with Crippen LogP contribution in [0.15, 0.2) is 52.7 Å². The monoisotopic (exact) mass is 550 g/mol. The number of nitrogens with zero attached hydrogens (tertiary/aromatic N) is 2. The lowest BCUT2D eigenvalue weighted by atomic mass is 10.1. The van der Waals surface area contributed by atoms with E-state index < -0.39 is 10.3 Å². The molecule has 0 spiro atoms. The SMILES string of the molecule is NS(=O)(=O)OC[C@@H]1CC[C@H](Nc2ncncc2C(=O)c2cc(Cc3cccc(Br)c3)cs2)C1. The lowest BCUT2D eigenvalue weighted by molar-refractivity contribution is 0.104. The number of nitrogens with one attached hydrogen (secondary N) is 1. The maximum absolute atomic E-state index is 13.2. The number of carbonyl (C=O) groups excluding carboxylic acids is 1. The standard InChI is InChI=1S/C22H23BrN4O4S2/c23-17-3-1-2-14(7-17)6-16-9-20(32-12-16)21(28)19-10-25-13-26-22(19)27-18-5-4-15(8-18)11-31-33(24,29)30/h1-3,7,9-10,12-13,15,18H,4-6,8,11H2,(H2,24,29,30)(H,25,26,27)/t15-,18+/m1/s1. The van der Waals surface area contributed by atoms with Crippen LogP contribution in [0, 0.1) is 5.92 Å². The van der Waals surface area contributed by atoms with Gasteiger partial charge >= 0.3 is 10.3 Å². The van der Waals surface area contributed by atoms with Gasteiger partial charge in [0.15, 0.2) is 0 Å². The summed E-state index contributed by atoms with van der Waals surface area (Å²) in [6.07, 6.45) is 5.98. The summed E-state index contributed by atoms with van der Waals surface area (Å²) in [7, 11) is -3.94. The van der Waals surface area contributed by atoms with Crippen LogP contribution in [0.3, 0.4) is 0 Å². The molecule has 0 aliphatic heterocycles. The van der Waals surface area contributed by atoms with Crippen molar-refractivity contribution in [1.29, 1.82) is 0 Å². The highest BCUT2D eigenvalue weighted by molar-refractivity contribution is 9.10. The van der Waals surface area contributed by atoms with Crippen molar-refractivity contribution in [2.24, 2.45) is 11.1 Å². The molecule has 3 N–H and O–H groups in total. The molecule has 33 heavy (non-hydrogen) atoms. The maximum Gasteiger partial charge on any atom is 0.333 e. The van der Waals surface area contributed by atoms with Gasteiger partial charge in [0.05, 0.1) is 17.0 Å². The minimum absolute atomic E-state index is 0.0518. The van der Waals surface area contributed by atoms with Gasteiger partial charge in [-0.25, -0.2) is 15.1 Å². The van der Waals surface area contributed by atoms with Crippen LogP contribution in [0.25, 0.3) is 0 Å². The Balaban J connectivity index is 1.42. The molecule has 0 bridgehead atoms. The molecule has 2 atom stereocenters. The highest BCUT2D eigenvalue weighted by Crippen LogP contribution is 2.30. The van der Waals surface area contributed by atoms with Gasteiger partial charge in [-0.3, -0.25) is 8.98 Å². The van der Waals surface area contributed by atoms with Gasteiger partial charge in [-0.15, -0.1) is 11.3 Å². The molecule has 174 valence electrons. The van der Waals surface area contributed by atoms with Crippen LogP contribution in [0.2, 0.25) is 0 Å². The second-order valence-corrected chi connectivity index (χ2v) is 11.1. The van der Waals surface area contributed by atoms with Crippen molar-refractivity contribution in [2.45, 2.75) is 31.7 Å². The molecule has 1 aliphatic carbocycles. The molecule has 1 fully saturated rings. The topological polar surface area (TPSA) is 124 Å². The quantitative estimate of drug-likeness (QED) is 0.386. The first kappa shape index (κ1) is 24.0. The molecule has 8 nitrogen and oxygen atoms in total. The van der Waals surface area contributed by atoms with E-state index >= 15 is 0 Å². The van der Waals surface area contributed by atoms with E-state index in [1.54, 1.807) is 0 Å². The summed E-state index contributed by atoms with van der Waals surface area (Å²) in [5, 5.41) is 10.2. The zero-order valence-electron chi connectivity index (χ0n) is 17.6. The first-order valence-electron chi connectivity index (χ1n) is 10.4. The molecule has 11 heteroatoms. The lowest BCUT2D eigenvalue weighted by Crippen LogP contribution is -2.22. The van der Waals surface area contributed by atoms with Crippen LogP contribution in [-0.4, -0.2) is 36.8 Å². The van der Waals surface area contributed by atoms with E-state index in [-0.39, 0.29) is 24.3 Å². The van der Waals surface area contributed by atoms with Gasteiger partial charge in [0.2, 0.25) is 5.78 Å². The van der Waals surface area contributed by atoms with Gasteiger partial charge in [0, 0.05) is 16.7 Å². The Morgan fingerprint density at radius 1 is 1.27 bits per heavy atom. The molecule has 1 aliphatic rings. The summed E-state index contributed by atoms with van der Waals surface area (Å²) in [4.78, 5) is 22.2. The zero-order chi connectivity index (χ0) is 23.4. The van der Waals surface area contributed by atoms with E-state index in [9.17, 15) is 13.2 Å². The zero-order valence-corrected chi connectivity index (χ0v) is 20.8. The Bertz CT molecular complexity index is 1250. The van der Waals surface area contributed by atoms with Gasteiger partial charge < -0.3 is 5.32 Å². The van der Waals surface area contributed by atoms with Gasteiger partial charge in [-0.05, 0) is 66.3 Å². The molecule has 0 radical (unpaired) electrons. The third kappa shape index (κ3) is 6.67. The Morgan fingerprint density at radius 2 is 2.12 bits per heavy atom. The molecule has 2 heterocycles. The number of hydrogen-bond donors (Lipinski definition) is 2. The highest BCUT2D eigenvalue weighted by Gasteiger charge is 2.28. The number of anilines is 1. The first-order valence-corrected chi connectivity index (χ1v) is 13.5. The van der Waals surface area contributed by atoms with E-state index in [0.717, 1.165) is 34.9 Å². The van der Waals surface area contributed by atoms with Crippen molar-refractivity contribution in [2.75, 3.05) is 11.9 Å². The Morgan fingerprint density at radius 3 is 2.91 bits per heavy atom. The normalized spacial score (nSPS) is 18.4. The number of nitrogens with two attached hydrogens (primary N) is 1. The van der Waals surface area contributed by atoms with Gasteiger partial charge in [-0.1, -0.05) is 28.1 Å². The number of rotatable bonds is 9. The van der Waals surface area contributed by atoms with E-state index in [2.05, 4.69) is 43.3 Å². The molecule has 3 aromatic rings. The second kappa shape index (κ2) is 10.4. The number of benzene rings is 1. The summed E-state index contributed by atoms with van der Waals surface area (Å²) in [6.45, 7) is 0.0581. The molecule has 1 aromatic carbocycles. The first-order chi connectivity index (χ1) is 15.8. The summed E-state index contributed by atoms with van der Waals surface area (Å²) in [5.74, 6) is 0.422. The van der Waals surface area contributed by atoms with Crippen LogP contribution >= 0.6 is 27.3 Å². The highest BCUT2D eigenvalue weighted by atomic mass is 79.9. The van der Waals surface area contributed by atoms with Crippen LogP contribution in [-0.2, 0) is 20.9 Å². The minimum Gasteiger partial charge on any atom is -0.367 e. The summed E-state index contributed by atoms with van der Waals surface area (Å²) >= 11 is 4.89. The van der Waals surface area contributed by atoms with E-state index in [1.165, 1.54) is 23.9 Å². The van der Waals surface area contributed by atoms with Crippen LogP contribution in [0.1, 0.15) is 45.6 Å². The molecule has 4 rings (SSSR count). The van der Waals surface area contributed by atoms with Crippen molar-refractivity contribution in [3.05, 3.63) is 74.3 Å². The van der Waals surface area contributed by atoms with E-state index in [4.69, 9.17) is 9.32 Å². The average molecular weight is 551 g/mol. The fourth-order valence-electron chi connectivity index (χ4n) is 3.96. The number of thiophene rings is 1. The number of aromatic nitrogens is 2. The molecule has 0 saturated heterocycles. The van der Waals surface area contributed by atoms with Crippen LogP contribution in [0.4, 0.5) is 5.82 Å². The van der Waals surface area contributed by atoms with Crippen LogP contribution < -0.4 is 10.5 Å². The molecule has 2 aromatic heterocycles.